The van der Waals surface area contributed by atoms with Gasteiger partial charge in [0.25, 0.3) is 10.1 Å². The molecule has 0 saturated heterocycles. The first kappa shape index (κ1) is 6.91. The summed E-state index contributed by atoms with van der Waals surface area (Å²) < 4.78 is 29.0. The Balaban J connectivity index is 3.60. The van der Waals surface area contributed by atoms with Crippen molar-refractivity contribution in [3.05, 3.63) is 0 Å². The highest BCUT2D eigenvalue weighted by Crippen LogP contribution is 1.84. The Bertz CT molecular complexity index is 123. The molecule has 3 nitrogen and oxygen atoms in total. The largest absolute Gasteiger partial charge is 0.294 e. The molecule has 0 amide bonds. The van der Waals surface area contributed by atoms with Gasteiger partial charge in [-0.25, -0.2) is 0 Å². The van der Waals surface area contributed by atoms with E-state index in [-0.39, 0.29) is 5.75 Å². The lowest BCUT2D eigenvalue weighted by Gasteiger charge is -1.82. The molecule has 0 heterocycles. The van der Waals surface area contributed by atoms with Gasteiger partial charge in [-0.1, -0.05) is 11.5 Å². The van der Waals surface area contributed by atoms with Crippen LogP contribution in [0.2, 0.25) is 0 Å². The molecular weight excluding hydrogens is 116 g/mol. The first-order chi connectivity index (χ1) is 3.06. The standard InChI is InChI=1S/C3H7O3S/c1-2-3-7(4,5)6/h2-3H2,1H3. The molecule has 0 spiro atoms. The van der Waals surface area contributed by atoms with E-state index in [9.17, 15) is 13.0 Å². The zero-order valence-corrected chi connectivity index (χ0v) is 4.86. The fourth-order valence-electron chi connectivity index (χ4n) is 0.250. The highest BCUT2D eigenvalue weighted by molar-refractivity contribution is 7.85. The molecule has 0 bridgehead atoms. The van der Waals surface area contributed by atoms with Crippen LogP contribution in [-0.4, -0.2) is 14.2 Å². The molecule has 0 saturated carbocycles. The molecule has 0 fully saturated rings. The van der Waals surface area contributed by atoms with Crippen molar-refractivity contribution in [2.24, 2.45) is 0 Å². The summed E-state index contributed by atoms with van der Waals surface area (Å²) in [5.74, 6) is -0.243. The van der Waals surface area contributed by atoms with Crippen molar-refractivity contribution in [1.29, 1.82) is 0 Å². The van der Waals surface area contributed by atoms with Crippen molar-refractivity contribution in [1.82, 2.24) is 0 Å². The molecule has 4 heteroatoms. The second-order valence-corrected chi connectivity index (χ2v) is 2.79. The lowest BCUT2D eigenvalue weighted by Crippen LogP contribution is -1.99. The van der Waals surface area contributed by atoms with Gasteiger partial charge in [0, 0.05) is 0 Å². The molecule has 0 aliphatic rings. The van der Waals surface area contributed by atoms with Crippen molar-refractivity contribution >= 4 is 10.1 Å². The smallest absolute Gasteiger partial charge is 0.197 e. The molecule has 7 heavy (non-hydrogen) atoms. The fraction of sp³-hybridized carbons (Fsp3) is 1.00. The maximum atomic E-state index is 9.68. The summed E-state index contributed by atoms with van der Waals surface area (Å²) in [6.45, 7) is 1.65. The van der Waals surface area contributed by atoms with E-state index >= 15 is 0 Å². The second-order valence-electron chi connectivity index (χ2n) is 1.26. The number of rotatable bonds is 2. The Hall–Kier alpha value is -0.0900. The van der Waals surface area contributed by atoms with E-state index < -0.39 is 10.1 Å². The van der Waals surface area contributed by atoms with Gasteiger partial charge in [0.2, 0.25) is 0 Å². The van der Waals surface area contributed by atoms with Crippen LogP contribution in [0, 0.1) is 0 Å². The van der Waals surface area contributed by atoms with Gasteiger partial charge in [-0.05, 0) is 6.42 Å². The Morgan fingerprint density at radius 2 is 1.86 bits per heavy atom. The lowest BCUT2D eigenvalue weighted by molar-refractivity contribution is 0.414. The molecule has 0 aliphatic heterocycles. The third-order valence-electron chi connectivity index (χ3n) is 0.454. The van der Waals surface area contributed by atoms with Crippen molar-refractivity contribution < 1.29 is 13.0 Å². The Morgan fingerprint density at radius 3 is 1.86 bits per heavy atom. The van der Waals surface area contributed by atoms with Crippen LogP contribution in [0.25, 0.3) is 0 Å². The predicted molar refractivity (Wildman–Crippen MR) is 24.8 cm³/mol. The molecule has 0 aromatic carbocycles. The van der Waals surface area contributed by atoms with Gasteiger partial charge in [-0.2, -0.15) is 8.42 Å². The molecule has 0 aliphatic carbocycles. The van der Waals surface area contributed by atoms with Crippen LogP contribution >= 0.6 is 0 Å². The summed E-state index contributed by atoms with van der Waals surface area (Å²) >= 11 is 0. The molecule has 0 rings (SSSR count). The van der Waals surface area contributed by atoms with E-state index in [2.05, 4.69) is 0 Å². The normalized spacial score (nSPS) is 11.7. The van der Waals surface area contributed by atoms with E-state index in [0.717, 1.165) is 0 Å². The minimum atomic E-state index is -3.92. The highest BCUT2D eigenvalue weighted by atomic mass is 32.2. The second kappa shape index (κ2) is 2.28. The molecule has 0 aromatic heterocycles. The van der Waals surface area contributed by atoms with Crippen LogP contribution in [-0.2, 0) is 14.7 Å². The van der Waals surface area contributed by atoms with E-state index in [4.69, 9.17) is 0 Å². The van der Waals surface area contributed by atoms with Crippen LogP contribution < -0.4 is 0 Å². The van der Waals surface area contributed by atoms with Crippen molar-refractivity contribution in [2.45, 2.75) is 13.3 Å². The molecule has 0 N–H and O–H groups in total. The molecule has 0 unspecified atom stereocenters. The average Bonchev–Trinajstić information content (AvgIpc) is 1.30. The summed E-state index contributed by atoms with van der Waals surface area (Å²) in [5.41, 5.74) is 0. The maximum absolute atomic E-state index is 9.68. The van der Waals surface area contributed by atoms with Crippen molar-refractivity contribution in [3.63, 3.8) is 0 Å². The van der Waals surface area contributed by atoms with Crippen LogP contribution in [0.3, 0.4) is 0 Å². The van der Waals surface area contributed by atoms with Gasteiger partial charge >= 0.3 is 0 Å². The van der Waals surface area contributed by atoms with Crippen LogP contribution in [0.15, 0.2) is 0 Å². The molecule has 43 valence electrons. The first-order valence-electron chi connectivity index (χ1n) is 2.00. The zero-order chi connectivity index (χ0) is 5.91. The van der Waals surface area contributed by atoms with Crippen LogP contribution in [0.5, 0.6) is 0 Å². The molecule has 1 radical (unpaired) electrons. The number of hydrogen-bond donors (Lipinski definition) is 0. The predicted octanol–water partition coefficient (Wildman–Crippen LogP) is 0.157. The van der Waals surface area contributed by atoms with Gasteiger partial charge in [-0.3, -0.25) is 0 Å². The van der Waals surface area contributed by atoms with Crippen molar-refractivity contribution in [2.75, 3.05) is 5.75 Å². The Kier molecular flexibility index (Phi) is 2.25. The van der Waals surface area contributed by atoms with E-state index in [1.165, 1.54) is 0 Å². The van der Waals surface area contributed by atoms with Gasteiger partial charge < -0.3 is 0 Å². The highest BCUT2D eigenvalue weighted by Gasteiger charge is 2.01. The van der Waals surface area contributed by atoms with Gasteiger partial charge in [0.1, 0.15) is 0 Å². The first-order valence-corrected chi connectivity index (χ1v) is 3.57. The third kappa shape index (κ3) is 5.91. The summed E-state index contributed by atoms with van der Waals surface area (Å²) in [6.07, 6.45) is 0.409. The average molecular weight is 123 g/mol. The van der Waals surface area contributed by atoms with Crippen LogP contribution in [0.1, 0.15) is 13.3 Å². The van der Waals surface area contributed by atoms with Gasteiger partial charge in [-0.15, -0.1) is 0 Å². The fourth-order valence-corrected chi connectivity index (χ4v) is 0.750. The minimum Gasteiger partial charge on any atom is -0.197 e. The maximum Gasteiger partial charge on any atom is 0.294 e. The van der Waals surface area contributed by atoms with Crippen LogP contribution in [0.4, 0.5) is 0 Å². The summed E-state index contributed by atoms with van der Waals surface area (Å²) in [7, 11) is -3.92. The molecular formula is C3H7O3S. The summed E-state index contributed by atoms with van der Waals surface area (Å²) in [5, 5.41) is 0. The Morgan fingerprint density at radius 1 is 1.43 bits per heavy atom. The van der Waals surface area contributed by atoms with E-state index in [1.807, 2.05) is 0 Å². The summed E-state index contributed by atoms with van der Waals surface area (Å²) in [6, 6.07) is 0. The van der Waals surface area contributed by atoms with Gasteiger partial charge in [0.05, 0.1) is 5.75 Å². The minimum absolute atomic E-state index is 0.243. The molecule has 0 atom stereocenters. The number of hydrogen-bond acceptors (Lipinski definition) is 2. The van der Waals surface area contributed by atoms with E-state index in [1.54, 1.807) is 6.92 Å². The Labute approximate surface area is 43.1 Å². The zero-order valence-electron chi connectivity index (χ0n) is 4.05. The third-order valence-corrected chi connectivity index (χ3v) is 1.36. The SMILES string of the molecule is CCCS([O])(=O)=O. The van der Waals surface area contributed by atoms with Crippen molar-refractivity contribution in [3.8, 4) is 0 Å². The topological polar surface area (TPSA) is 54.0 Å². The quantitative estimate of drug-likeness (QED) is 0.525. The van der Waals surface area contributed by atoms with E-state index in [0.29, 0.717) is 6.42 Å². The monoisotopic (exact) mass is 123 g/mol. The lowest BCUT2D eigenvalue weighted by atomic mass is 10.6. The van der Waals surface area contributed by atoms with Gasteiger partial charge in [0.15, 0.2) is 0 Å². The molecule has 0 aromatic rings. The summed E-state index contributed by atoms with van der Waals surface area (Å²) in [4.78, 5) is 0.